The van der Waals surface area contributed by atoms with Gasteiger partial charge in [-0.25, -0.2) is 0 Å². The topological polar surface area (TPSA) is 37.8 Å². The minimum atomic E-state index is -0.147. The van der Waals surface area contributed by atoms with Gasteiger partial charge < -0.3 is 0 Å². The van der Waals surface area contributed by atoms with E-state index in [9.17, 15) is 4.79 Å². The van der Waals surface area contributed by atoms with E-state index >= 15 is 0 Å². The van der Waals surface area contributed by atoms with Crippen molar-refractivity contribution >= 4 is 0 Å². The molecule has 0 bridgehead atoms. The Morgan fingerprint density at radius 2 is 1.75 bits per heavy atom. The first kappa shape index (κ1) is 14.6. The van der Waals surface area contributed by atoms with Crippen molar-refractivity contribution in [3.05, 3.63) is 45.7 Å². The number of nitrogens with zero attached hydrogens (tertiary/aromatic N) is 1. The van der Waals surface area contributed by atoms with Gasteiger partial charge in [-0.05, 0) is 34.1 Å². The fourth-order valence-electron chi connectivity index (χ4n) is 2.47. The van der Waals surface area contributed by atoms with Gasteiger partial charge in [0.05, 0.1) is 11.2 Å². The maximum absolute atomic E-state index is 12.3. The lowest BCUT2D eigenvalue weighted by Gasteiger charge is -2.24. The van der Waals surface area contributed by atoms with Gasteiger partial charge in [0.15, 0.2) is 0 Å². The van der Waals surface area contributed by atoms with E-state index in [0.717, 1.165) is 29.7 Å². The summed E-state index contributed by atoms with van der Waals surface area (Å²) in [6.07, 6.45) is 1.78. The molecule has 3 nitrogen and oxygen atoms in total. The molecule has 3 heteroatoms. The molecule has 2 rings (SSSR count). The van der Waals surface area contributed by atoms with Crippen LogP contribution in [0.5, 0.6) is 0 Å². The summed E-state index contributed by atoms with van der Waals surface area (Å²) >= 11 is 0. The molecule has 0 spiro atoms. The summed E-state index contributed by atoms with van der Waals surface area (Å²) in [7, 11) is 0. The summed E-state index contributed by atoms with van der Waals surface area (Å²) < 4.78 is 2.00. The maximum Gasteiger partial charge on any atom is 0.267 e. The molecule has 0 radical (unpaired) electrons. The van der Waals surface area contributed by atoms with Crippen molar-refractivity contribution in [1.82, 2.24) is 9.78 Å². The summed E-state index contributed by atoms with van der Waals surface area (Å²) in [6, 6.07) is 8.38. The SMILES string of the molecule is CCCc1c(-c2ccc(C)cc2)n(C(C)(C)C)[nH]c1=O. The molecule has 0 amide bonds. The molecule has 1 aromatic heterocycles. The van der Waals surface area contributed by atoms with Crippen molar-refractivity contribution < 1.29 is 0 Å². The van der Waals surface area contributed by atoms with Crippen LogP contribution in [-0.2, 0) is 12.0 Å². The number of aromatic nitrogens is 2. The number of hydrogen-bond donors (Lipinski definition) is 1. The molecule has 1 aromatic carbocycles. The van der Waals surface area contributed by atoms with Crippen molar-refractivity contribution in [2.24, 2.45) is 0 Å². The van der Waals surface area contributed by atoms with E-state index in [1.807, 2.05) is 4.68 Å². The van der Waals surface area contributed by atoms with Crippen LogP contribution in [-0.4, -0.2) is 9.78 Å². The summed E-state index contributed by atoms with van der Waals surface area (Å²) in [6.45, 7) is 10.5. The highest BCUT2D eigenvalue weighted by Crippen LogP contribution is 2.27. The average molecular weight is 272 g/mol. The van der Waals surface area contributed by atoms with E-state index < -0.39 is 0 Å². The number of H-pyrrole nitrogens is 1. The molecule has 0 atom stereocenters. The predicted octanol–water partition coefficient (Wildman–Crippen LogP) is 3.86. The van der Waals surface area contributed by atoms with Crippen LogP contribution in [0, 0.1) is 6.92 Å². The molecule has 0 fully saturated rings. The van der Waals surface area contributed by atoms with Gasteiger partial charge in [0.25, 0.3) is 5.56 Å². The van der Waals surface area contributed by atoms with Crippen LogP contribution in [0.2, 0.25) is 0 Å². The first-order chi connectivity index (χ1) is 9.34. The molecule has 1 heterocycles. The Bertz CT molecular complexity index is 639. The Labute approximate surface area is 120 Å². The molecule has 0 aliphatic heterocycles. The minimum absolute atomic E-state index is 0.0392. The Balaban J connectivity index is 2.70. The largest absolute Gasteiger partial charge is 0.279 e. The quantitative estimate of drug-likeness (QED) is 0.905. The van der Waals surface area contributed by atoms with Gasteiger partial charge in [-0.15, -0.1) is 0 Å². The fourth-order valence-corrected chi connectivity index (χ4v) is 2.47. The van der Waals surface area contributed by atoms with Crippen LogP contribution in [0.3, 0.4) is 0 Å². The van der Waals surface area contributed by atoms with Crippen LogP contribution in [0.1, 0.15) is 45.2 Å². The van der Waals surface area contributed by atoms with Crippen LogP contribution >= 0.6 is 0 Å². The summed E-state index contributed by atoms with van der Waals surface area (Å²) in [5.41, 5.74) is 4.15. The second-order valence-electron chi connectivity index (χ2n) is 6.39. The van der Waals surface area contributed by atoms with E-state index in [4.69, 9.17) is 0 Å². The summed E-state index contributed by atoms with van der Waals surface area (Å²) in [4.78, 5) is 12.3. The summed E-state index contributed by atoms with van der Waals surface area (Å²) in [5.74, 6) is 0. The zero-order valence-corrected chi connectivity index (χ0v) is 13.1. The Hall–Kier alpha value is -1.77. The van der Waals surface area contributed by atoms with Crippen LogP contribution in [0.4, 0.5) is 0 Å². The summed E-state index contributed by atoms with van der Waals surface area (Å²) in [5, 5.41) is 3.01. The first-order valence-corrected chi connectivity index (χ1v) is 7.26. The zero-order chi connectivity index (χ0) is 14.9. The molecular formula is C17H24N2O. The van der Waals surface area contributed by atoms with Crippen molar-refractivity contribution in [3.8, 4) is 11.3 Å². The van der Waals surface area contributed by atoms with Crippen molar-refractivity contribution in [2.45, 2.75) is 53.0 Å². The second kappa shape index (κ2) is 5.31. The first-order valence-electron chi connectivity index (χ1n) is 7.26. The number of aryl methyl sites for hydroxylation is 1. The number of rotatable bonds is 3. The Morgan fingerprint density at radius 1 is 1.15 bits per heavy atom. The number of nitrogens with one attached hydrogen (secondary N) is 1. The third-order valence-electron chi connectivity index (χ3n) is 3.49. The lowest BCUT2D eigenvalue weighted by Crippen LogP contribution is -2.25. The van der Waals surface area contributed by atoms with E-state index in [1.54, 1.807) is 0 Å². The van der Waals surface area contributed by atoms with Gasteiger partial charge in [-0.3, -0.25) is 14.6 Å². The standard InChI is InChI=1S/C17H24N2O/c1-6-7-14-15(13-10-8-12(2)9-11-13)19(17(3,4)5)18-16(14)20/h8-11H,6-7H2,1-5H3,(H,18,20). The molecule has 0 aliphatic rings. The highest BCUT2D eigenvalue weighted by atomic mass is 16.1. The minimum Gasteiger partial charge on any atom is -0.279 e. The van der Waals surface area contributed by atoms with E-state index in [1.165, 1.54) is 5.56 Å². The van der Waals surface area contributed by atoms with E-state index in [0.29, 0.717) is 0 Å². The number of aromatic amines is 1. The molecule has 108 valence electrons. The second-order valence-corrected chi connectivity index (χ2v) is 6.39. The van der Waals surface area contributed by atoms with Crippen LogP contribution < -0.4 is 5.56 Å². The molecule has 2 aromatic rings. The molecule has 0 unspecified atom stereocenters. The monoisotopic (exact) mass is 272 g/mol. The lowest BCUT2D eigenvalue weighted by molar-refractivity contribution is 0.358. The van der Waals surface area contributed by atoms with Gasteiger partial charge in [-0.1, -0.05) is 43.2 Å². The third kappa shape index (κ3) is 2.72. The van der Waals surface area contributed by atoms with Crippen LogP contribution in [0.15, 0.2) is 29.1 Å². The van der Waals surface area contributed by atoms with Gasteiger partial charge >= 0.3 is 0 Å². The fraction of sp³-hybridized carbons (Fsp3) is 0.471. The average Bonchev–Trinajstić information content (AvgIpc) is 2.69. The predicted molar refractivity (Wildman–Crippen MR) is 84.2 cm³/mol. The van der Waals surface area contributed by atoms with E-state index in [-0.39, 0.29) is 11.1 Å². The zero-order valence-electron chi connectivity index (χ0n) is 13.1. The van der Waals surface area contributed by atoms with Gasteiger partial charge in [0.1, 0.15) is 0 Å². The molecule has 20 heavy (non-hydrogen) atoms. The third-order valence-corrected chi connectivity index (χ3v) is 3.49. The van der Waals surface area contributed by atoms with E-state index in [2.05, 4.69) is 64.0 Å². The Morgan fingerprint density at radius 3 is 2.25 bits per heavy atom. The maximum atomic E-state index is 12.3. The molecule has 1 N–H and O–H groups in total. The van der Waals surface area contributed by atoms with Crippen molar-refractivity contribution in [2.75, 3.05) is 0 Å². The van der Waals surface area contributed by atoms with Crippen molar-refractivity contribution in [3.63, 3.8) is 0 Å². The number of hydrogen-bond acceptors (Lipinski definition) is 1. The van der Waals surface area contributed by atoms with Gasteiger partial charge in [0, 0.05) is 11.1 Å². The molecule has 0 saturated heterocycles. The van der Waals surface area contributed by atoms with Crippen LogP contribution in [0.25, 0.3) is 11.3 Å². The number of benzene rings is 1. The van der Waals surface area contributed by atoms with Crippen molar-refractivity contribution in [1.29, 1.82) is 0 Å². The molecule has 0 saturated carbocycles. The smallest absolute Gasteiger partial charge is 0.267 e. The molecule has 0 aliphatic carbocycles. The lowest BCUT2D eigenvalue weighted by atomic mass is 10.0. The Kier molecular flexibility index (Phi) is 3.89. The highest BCUT2D eigenvalue weighted by molar-refractivity contribution is 5.64. The molecular weight excluding hydrogens is 248 g/mol. The van der Waals surface area contributed by atoms with Gasteiger partial charge in [0.2, 0.25) is 0 Å². The normalized spacial score (nSPS) is 11.8. The van der Waals surface area contributed by atoms with Gasteiger partial charge in [-0.2, -0.15) is 0 Å². The highest BCUT2D eigenvalue weighted by Gasteiger charge is 2.23.